The Morgan fingerprint density at radius 2 is 1.82 bits per heavy atom. The lowest BCUT2D eigenvalue weighted by Crippen LogP contribution is -2.00. The molecule has 0 atom stereocenters. The zero-order valence-corrected chi connectivity index (χ0v) is 17.4. The Bertz CT molecular complexity index is 1020. The van der Waals surface area contributed by atoms with E-state index in [9.17, 15) is 5.26 Å². The van der Waals surface area contributed by atoms with Crippen LogP contribution in [0.25, 0.3) is 0 Å². The first-order valence-corrected chi connectivity index (χ1v) is 10.2. The van der Waals surface area contributed by atoms with Crippen LogP contribution in [0.2, 0.25) is 0 Å². The first kappa shape index (κ1) is 19.9. The molecule has 1 aromatic heterocycles. The van der Waals surface area contributed by atoms with Gasteiger partial charge in [0.25, 0.3) is 0 Å². The van der Waals surface area contributed by atoms with Crippen LogP contribution in [0, 0.1) is 25.2 Å². The zero-order valence-electron chi connectivity index (χ0n) is 16.6. The lowest BCUT2D eigenvalue weighted by atomic mass is 10.1. The second-order valence-electron chi connectivity index (χ2n) is 6.97. The number of hydrogen-bond acceptors (Lipinski definition) is 5. The second-order valence-corrected chi connectivity index (χ2v) is 7.92. The number of nitrogens with zero attached hydrogens (tertiary/aromatic N) is 3. The third kappa shape index (κ3) is 4.90. The van der Waals surface area contributed by atoms with Gasteiger partial charge in [-0.15, -0.1) is 0 Å². The van der Waals surface area contributed by atoms with Crippen LogP contribution >= 0.6 is 11.8 Å². The molecule has 142 valence electrons. The van der Waals surface area contributed by atoms with Crippen LogP contribution in [-0.4, -0.2) is 9.97 Å². The van der Waals surface area contributed by atoms with E-state index in [4.69, 9.17) is 4.74 Å². The van der Waals surface area contributed by atoms with Crippen LogP contribution in [0.3, 0.4) is 0 Å². The van der Waals surface area contributed by atoms with Gasteiger partial charge in [0, 0.05) is 11.8 Å². The first-order chi connectivity index (χ1) is 13.5. The van der Waals surface area contributed by atoms with E-state index in [2.05, 4.69) is 43.7 Å². The summed E-state index contributed by atoms with van der Waals surface area (Å²) in [6, 6.07) is 17.8. The summed E-state index contributed by atoms with van der Waals surface area (Å²) in [6.07, 6.45) is 0. The van der Waals surface area contributed by atoms with E-state index in [1.54, 1.807) is 0 Å². The number of nitriles is 1. The highest BCUT2D eigenvalue weighted by Crippen LogP contribution is 2.29. The van der Waals surface area contributed by atoms with E-state index >= 15 is 0 Å². The minimum atomic E-state index is 0.260. The zero-order chi connectivity index (χ0) is 20.1. The normalized spacial score (nSPS) is 10.7. The fourth-order valence-corrected chi connectivity index (χ4v) is 3.49. The number of aryl methyl sites for hydroxylation is 2. The molecule has 0 amide bonds. The third-order valence-electron chi connectivity index (χ3n) is 4.49. The van der Waals surface area contributed by atoms with E-state index in [0.717, 1.165) is 17.0 Å². The molecule has 0 saturated heterocycles. The van der Waals surface area contributed by atoms with Gasteiger partial charge in [-0.1, -0.05) is 49.9 Å². The molecule has 0 aliphatic carbocycles. The van der Waals surface area contributed by atoms with Crippen molar-refractivity contribution in [3.63, 3.8) is 0 Å². The molecule has 0 bridgehead atoms. The van der Waals surface area contributed by atoms with Crippen LogP contribution in [0.1, 0.15) is 47.7 Å². The average Bonchev–Trinajstić information content (AvgIpc) is 2.69. The van der Waals surface area contributed by atoms with Gasteiger partial charge >= 0.3 is 0 Å². The highest BCUT2D eigenvalue weighted by molar-refractivity contribution is 7.98. The molecule has 0 N–H and O–H groups in total. The minimum Gasteiger partial charge on any atom is -0.439 e. The second kappa shape index (κ2) is 8.90. The predicted molar refractivity (Wildman–Crippen MR) is 113 cm³/mol. The Kier molecular flexibility index (Phi) is 6.33. The van der Waals surface area contributed by atoms with E-state index in [-0.39, 0.29) is 5.92 Å². The monoisotopic (exact) mass is 389 g/mol. The first-order valence-electron chi connectivity index (χ1n) is 9.21. The van der Waals surface area contributed by atoms with E-state index in [1.165, 1.54) is 22.9 Å². The Labute approximate surface area is 170 Å². The van der Waals surface area contributed by atoms with Gasteiger partial charge < -0.3 is 4.74 Å². The van der Waals surface area contributed by atoms with Gasteiger partial charge in [-0.05, 0) is 54.7 Å². The van der Waals surface area contributed by atoms with E-state index in [0.29, 0.717) is 22.4 Å². The van der Waals surface area contributed by atoms with Gasteiger partial charge in [0.05, 0.1) is 17.3 Å². The molecule has 0 radical (unpaired) electrons. The van der Waals surface area contributed by atoms with Crippen molar-refractivity contribution in [1.82, 2.24) is 9.97 Å². The molecular formula is C23H23N3OS. The molecule has 4 nitrogen and oxygen atoms in total. The van der Waals surface area contributed by atoms with Crippen molar-refractivity contribution in [2.75, 3.05) is 0 Å². The molecule has 0 fully saturated rings. The van der Waals surface area contributed by atoms with Crippen molar-refractivity contribution < 1.29 is 4.74 Å². The number of benzene rings is 2. The number of aromatic nitrogens is 2. The quantitative estimate of drug-likeness (QED) is 0.372. The molecule has 0 aliphatic heterocycles. The van der Waals surface area contributed by atoms with Crippen molar-refractivity contribution in [2.45, 2.75) is 44.5 Å². The summed E-state index contributed by atoms with van der Waals surface area (Å²) >= 11 is 1.51. The maximum absolute atomic E-state index is 9.27. The van der Waals surface area contributed by atoms with Crippen LogP contribution in [-0.2, 0) is 5.75 Å². The molecule has 3 aromatic rings. The molecule has 28 heavy (non-hydrogen) atoms. The van der Waals surface area contributed by atoms with Crippen molar-refractivity contribution in [3.05, 3.63) is 76.5 Å². The minimum absolute atomic E-state index is 0.260. The van der Waals surface area contributed by atoms with Crippen LogP contribution in [0.15, 0.2) is 53.7 Å². The molecule has 2 aromatic carbocycles. The Morgan fingerprint density at radius 1 is 1.04 bits per heavy atom. The molecule has 1 heterocycles. The topological polar surface area (TPSA) is 58.8 Å². The molecule has 3 rings (SSSR count). The number of hydrogen-bond donors (Lipinski definition) is 0. The summed E-state index contributed by atoms with van der Waals surface area (Å²) < 4.78 is 6.03. The molecule has 0 saturated carbocycles. The summed E-state index contributed by atoms with van der Waals surface area (Å²) in [5, 5.41) is 9.92. The molecular weight excluding hydrogens is 366 g/mol. The highest BCUT2D eigenvalue weighted by atomic mass is 32.2. The van der Waals surface area contributed by atoms with Gasteiger partial charge in [-0.3, -0.25) is 0 Å². The summed E-state index contributed by atoms with van der Waals surface area (Å²) in [7, 11) is 0. The van der Waals surface area contributed by atoms with Gasteiger partial charge in [0.15, 0.2) is 5.16 Å². The lowest BCUT2D eigenvalue weighted by molar-refractivity contribution is 0.452. The summed E-state index contributed by atoms with van der Waals surface area (Å²) in [4.78, 5) is 9.25. The van der Waals surface area contributed by atoms with Crippen LogP contribution < -0.4 is 4.74 Å². The van der Waals surface area contributed by atoms with Gasteiger partial charge in [0.1, 0.15) is 5.75 Å². The largest absolute Gasteiger partial charge is 0.439 e. The van der Waals surface area contributed by atoms with Crippen molar-refractivity contribution in [2.24, 2.45) is 0 Å². The fourth-order valence-electron chi connectivity index (χ4n) is 2.63. The average molecular weight is 390 g/mol. The fraction of sp³-hybridized carbons (Fsp3) is 0.261. The smallest absolute Gasteiger partial charge is 0.223 e. The molecule has 0 unspecified atom stereocenters. The maximum atomic E-state index is 9.27. The van der Waals surface area contributed by atoms with Gasteiger partial charge in [0.2, 0.25) is 5.88 Å². The highest BCUT2D eigenvalue weighted by Gasteiger charge is 2.12. The van der Waals surface area contributed by atoms with Crippen molar-refractivity contribution >= 4 is 11.8 Å². The Hall–Kier alpha value is -2.84. The van der Waals surface area contributed by atoms with Gasteiger partial charge in [-0.2, -0.15) is 10.2 Å². The SMILES string of the molecule is Cc1ccc(Oc2cc(C(C)C)nc(SCc3ccccc3C#N)n2)cc1C. The summed E-state index contributed by atoms with van der Waals surface area (Å²) in [5.74, 6) is 2.20. The molecule has 5 heteroatoms. The summed E-state index contributed by atoms with van der Waals surface area (Å²) in [6.45, 7) is 8.34. The predicted octanol–water partition coefficient (Wildman–Crippen LogP) is 6.17. The number of rotatable bonds is 6. The van der Waals surface area contributed by atoms with Crippen molar-refractivity contribution in [3.8, 4) is 17.7 Å². The third-order valence-corrected chi connectivity index (χ3v) is 5.38. The van der Waals surface area contributed by atoms with Gasteiger partial charge in [-0.25, -0.2) is 4.98 Å². The standard InChI is InChI=1S/C23H23N3OS/c1-15(2)21-12-22(27-20-10-9-16(3)17(4)11-20)26-23(25-21)28-14-19-8-6-5-7-18(19)13-24/h5-12,15H,14H2,1-4H3. The maximum Gasteiger partial charge on any atom is 0.223 e. The number of thioether (sulfide) groups is 1. The van der Waals surface area contributed by atoms with E-state index in [1.807, 2.05) is 48.5 Å². The molecule has 0 spiro atoms. The molecule has 0 aliphatic rings. The number of ether oxygens (including phenoxy) is 1. The van der Waals surface area contributed by atoms with Crippen molar-refractivity contribution in [1.29, 1.82) is 5.26 Å². The van der Waals surface area contributed by atoms with E-state index < -0.39 is 0 Å². The Balaban J connectivity index is 1.85. The lowest BCUT2D eigenvalue weighted by Gasteiger charge is -2.12. The van der Waals surface area contributed by atoms with Crippen LogP contribution in [0.4, 0.5) is 0 Å². The van der Waals surface area contributed by atoms with Crippen LogP contribution in [0.5, 0.6) is 11.6 Å². The Morgan fingerprint density at radius 3 is 2.54 bits per heavy atom. The summed E-state index contributed by atoms with van der Waals surface area (Å²) in [5.41, 5.74) is 5.00.